The fraction of sp³-hybridized carbons (Fsp3) is 0.875. The lowest BCUT2D eigenvalue weighted by Crippen LogP contribution is -2.60. The van der Waals surface area contributed by atoms with E-state index in [1.165, 1.54) is 5.06 Å². The van der Waals surface area contributed by atoms with Crippen LogP contribution in [0.4, 0.5) is 0 Å². The molecule has 1 aliphatic carbocycles. The number of hydrogen-bond donors (Lipinski definition) is 2. The van der Waals surface area contributed by atoms with E-state index in [2.05, 4.69) is 5.32 Å². The molecule has 0 aromatic rings. The Labute approximate surface area is 71.5 Å². The molecular weight excluding hydrogens is 156 g/mol. The lowest BCUT2D eigenvalue weighted by atomic mass is 9.95. The van der Waals surface area contributed by atoms with Crippen LogP contribution in [0.3, 0.4) is 0 Å². The summed E-state index contributed by atoms with van der Waals surface area (Å²) in [5, 5.41) is 13.6. The molecule has 1 saturated heterocycles. The van der Waals surface area contributed by atoms with Crippen LogP contribution in [0.2, 0.25) is 0 Å². The molecule has 1 aliphatic heterocycles. The Morgan fingerprint density at radius 3 is 2.67 bits per heavy atom. The first kappa shape index (κ1) is 8.01. The normalized spacial score (nSPS) is 29.2. The van der Waals surface area contributed by atoms with Crippen molar-refractivity contribution in [3.8, 4) is 0 Å². The summed E-state index contributed by atoms with van der Waals surface area (Å²) < 4.78 is 0. The van der Waals surface area contributed by atoms with Crippen LogP contribution in [0.5, 0.6) is 0 Å². The van der Waals surface area contributed by atoms with Crippen LogP contribution in [0.25, 0.3) is 0 Å². The molecule has 2 fully saturated rings. The minimum atomic E-state index is -0.131. The fourth-order valence-corrected chi connectivity index (χ4v) is 2.18. The van der Waals surface area contributed by atoms with Crippen LogP contribution in [0.15, 0.2) is 0 Å². The van der Waals surface area contributed by atoms with Crippen LogP contribution in [-0.4, -0.2) is 34.8 Å². The molecule has 1 spiro atoms. The highest BCUT2D eigenvalue weighted by Crippen LogP contribution is 2.34. The van der Waals surface area contributed by atoms with Crippen molar-refractivity contribution in [1.29, 1.82) is 0 Å². The SMILES string of the molecule is O=C1CN(O)C2(CCCC2)CN1. The summed E-state index contributed by atoms with van der Waals surface area (Å²) in [5.74, 6) is -0.0741. The summed E-state index contributed by atoms with van der Waals surface area (Å²) in [6.45, 7) is 0.752. The molecule has 4 heteroatoms. The van der Waals surface area contributed by atoms with Crippen molar-refractivity contribution in [2.24, 2.45) is 0 Å². The van der Waals surface area contributed by atoms with Crippen LogP contribution in [-0.2, 0) is 4.79 Å². The van der Waals surface area contributed by atoms with E-state index >= 15 is 0 Å². The highest BCUT2D eigenvalue weighted by atomic mass is 16.5. The second-order valence-electron chi connectivity index (χ2n) is 3.77. The van der Waals surface area contributed by atoms with Crippen LogP contribution in [0.1, 0.15) is 25.7 Å². The Morgan fingerprint density at radius 1 is 1.42 bits per heavy atom. The monoisotopic (exact) mass is 170 g/mol. The van der Waals surface area contributed by atoms with E-state index in [-0.39, 0.29) is 18.0 Å². The van der Waals surface area contributed by atoms with Crippen molar-refractivity contribution >= 4 is 5.91 Å². The van der Waals surface area contributed by atoms with Crippen molar-refractivity contribution in [3.63, 3.8) is 0 Å². The number of carbonyl (C=O) groups excluding carboxylic acids is 1. The second-order valence-corrected chi connectivity index (χ2v) is 3.77. The molecule has 1 saturated carbocycles. The molecule has 1 amide bonds. The Hall–Kier alpha value is -0.610. The van der Waals surface area contributed by atoms with Crippen molar-refractivity contribution in [2.45, 2.75) is 31.2 Å². The van der Waals surface area contributed by atoms with E-state index in [4.69, 9.17) is 0 Å². The van der Waals surface area contributed by atoms with E-state index < -0.39 is 0 Å². The zero-order valence-electron chi connectivity index (χ0n) is 7.05. The molecule has 12 heavy (non-hydrogen) atoms. The number of nitrogens with zero attached hydrogens (tertiary/aromatic N) is 1. The predicted octanol–water partition coefficient (Wildman–Crippen LogP) is 0.120. The molecule has 0 unspecified atom stereocenters. The Bertz CT molecular complexity index is 199. The minimum Gasteiger partial charge on any atom is -0.353 e. The van der Waals surface area contributed by atoms with Gasteiger partial charge in [0.1, 0.15) is 6.54 Å². The van der Waals surface area contributed by atoms with E-state index in [0.717, 1.165) is 25.7 Å². The number of nitrogens with one attached hydrogen (secondary N) is 1. The number of rotatable bonds is 0. The molecule has 0 atom stereocenters. The summed E-state index contributed by atoms with van der Waals surface area (Å²) in [6, 6.07) is 0. The third-order valence-electron chi connectivity index (χ3n) is 2.99. The first-order chi connectivity index (χ1) is 5.73. The lowest BCUT2D eigenvalue weighted by molar-refractivity contribution is -0.188. The van der Waals surface area contributed by atoms with E-state index in [1.807, 2.05) is 0 Å². The molecule has 0 radical (unpaired) electrons. The third kappa shape index (κ3) is 1.11. The number of hydroxylamine groups is 2. The minimum absolute atomic E-state index is 0.0741. The van der Waals surface area contributed by atoms with Gasteiger partial charge in [0.25, 0.3) is 0 Å². The average molecular weight is 170 g/mol. The zero-order chi connectivity index (χ0) is 8.60. The van der Waals surface area contributed by atoms with Gasteiger partial charge in [0, 0.05) is 6.54 Å². The molecule has 68 valence electrons. The Kier molecular flexibility index (Phi) is 1.81. The molecule has 1 heterocycles. The molecule has 0 bridgehead atoms. The molecule has 2 N–H and O–H groups in total. The number of piperazine rings is 1. The predicted molar refractivity (Wildman–Crippen MR) is 42.7 cm³/mol. The highest BCUT2D eigenvalue weighted by molar-refractivity contribution is 5.79. The van der Waals surface area contributed by atoms with Gasteiger partial charge < -0.3 is 10.5 Å². The molecule has 0 aromatic carbocycles. The molecule has 2 aliphatic rings. The fourth-order valence-electron chi connectivity index (χ4n) is 2.18. The highest BCUT2D eigenvalue weighted by Gasteiger charge is 2.42. The quantitative estimate of drug-likeness (QED) is 0.543. The van der Waals surface area contributed by atoms with Gasteiger partial charge in [0.2, 0.25) is 5.91 Å². The van der Waals surface area contributed by atoms with Gasteiger partial charge in [0.15, 0.2) is 0 Å². The van der Waals surface area contributed by atoms with Crippen molar-refractivity contribution in [2.75, 3.05) is 13.1 Å². The standard InChI is InChI=1S/C8H14N2O2/c11-7-5-10(12)8(6-9-7)3-1-2-4-8/h12H,1-6H2,(H,9,11). The molecule has 0 aromatic heterocycles. The van der Waals surface area contributed by atoms with Crippen molar-refractivity contribution in [3.05, 3.63) is 0 Å². The van der Waals surface area contributed by atoms with Gasteiger partial charge in [-0.15, -0.1) is 0 Å². The third-order valence-corrected chi connectivity index (χ3v) is 2.99. The lowest BCUT2D eigenvalue weighted by Gasteiger charge is -2.40. The van der Waals surface area contributed by atoms with Crippen LogP contribution < -0.4 is 5.32 Å². The summed E-state index contributed by atoms with van der Waals surface area (Å²) in [5.41, 5.74) is -0.131. The van der Waals surface area contributed by atoms with E-state index in [1.54, 1.807) is 0 Å². The first-order valence-corrected chi connectivity index (χ1v) is 4.46. The van der Waals surface area contributed by atoms with Gasteiger partial charge in [-0.25, -0.2) is 0 Å². The summed E-state index contributed by atoms with van der Waals surface area (Å²) in [6.07, 6.45) is 4.33. The maximum absolute atomic E-state index is 10.9. The summed E-state index contributed by atoms with van der Waals surface area (Å²) in [7, 11) is 0. The first-order valence-electron chi connectivity index (χ1n) is 4.46. The Balaban J connectivity index is 2.10. The average Bonchev–Trinajstić information content (AvgIpc) is 2.48. The van der Waals surface area contributed by atoms with Gasteiger partial charge in [-0.2, -0.15) is 5.06 Å². The van der Waals surface area contributed by atoms with Gasteiger partial charge in [-0.1, -0.05) is 12.8 Å². The maximum atomic E-state index is 10.9. The van der Waals surface area contributed by atoms with E-state index in [9.17, 15) is 10.0 Å². The number of hydrogen-bond acceptors (Lipinski definition) is 3. The second kappa shape index (κ2) is 2.71. The Morgan fingerprint density at radius 2 is 2.08 bits per heavy atom. The summed E-state index contributed by atoms with van der Waals surface area (Å²) in [4.78, 5) is 10.9. The number of carbonyl (C=O) groups is 1. The van der Waals surface area contributed by atoms with Gasteiger partial charge >= 0.3 is 0 Å². The van der Waals surface area contributed by atoms with Gasteiger partial charge in [-0.3, -0.25) is 4.79 Å². The zero-order valence-corrected chi connectivity index (χ0v) is 7.05. The molecule has 2 rings (SSSR count). The van der Waals surface area contributed by atoms with Crippen molar-refractivity contribution in [1.82, 2.24) is 10.4 Å². The molecule has 4 nitrogen and oxygen atoms in total. The smallest absolute Gasteiger partial charge is 0.236 e. The topological polar surface area (TPSA) is 52.6 Å². The van der Waals surface area contributed by atoms with E-state index in [0.29, 0.717) is 6.54 Å². The maximum Gasteiger partial charge on any atom is 0.236 e. The molecular formula is C8H14N2O2. The van der Waals surface area contributed by atoms with Gasteiger partial charge in [-0.05, 0) is 12.8 Å². The largest absolute Gasteiger partial charge is 0.353 e. The van der Waals surface area contributed by atoms with Gasteiger partial charge in [0.05, 0.1) is 5.54 Å². The van der Waals surface area contributed by atoms with Crippen molar-refractivity contribution < 1.29 is 10.0 Å². The summed E-state index contributed by atoms with van der Waals surface area (Å²) >= 11 is 0. The van der Waals surface area contributed by atoms with Crippen LogP contribution in [0, 0.1) is 0 Å². The van der Waals surface area contributed by atoms with Crippen LogP contribution >= 0.6 is 0 Å². The number of amides is 1.